The summed E-state index contributed by atoms with van der Waals surface area (Å²) in [5.74, 6) is 0. The summed E-state index contributed by atoms with van der Waals surface area (Å²) in [5, 5.41) is 1.86. The highest BCUT2D eigenvalue weighted by atomic mass is 32.2. The van der Waals surface area contributed by atoms with Crippen LogP contribution in [0.5, 0.6) is 0 Å². The maximum absolute atomic E-state index is 12.2. The number of quaternary nitrogens is 1. The Balaban J connectivity index is 2.37. The van der Waals surface area contributed by atoms with Crippen LogP contribution in [0.25, 0.3) is 10.8 Å². The Kier molecular flexibility index (Phi) is 3.51. The summed E-state index contributed by atoms with van der Waals surface area (Å²) in [4.78, 5) is 0. The van der Waals surface area contributed by atoms with E-state index in [2.05, 4.69) is 5.73 Å². The average Bonchev–Trinajstić information content (AvgIpc) is 2.47. The third kappa shape index (κ3) is 2.25. The Morgan fingerprint density at radius 1 is 1.00 bits per heavy atom. The second-order valence-corrected chi connectivity index (χ2v) is 7.58. The van der Waals surface area contributed by atoms with E-state index in [1.54, 1.807) is 0 Å². The van der Waals surface area contributed by atoms with Crippen molar-refractivity contribution < 1.29 is 18.7 Å². The lowest BCUT2D eigenvalue weighted by Crippen LogP contribution is -2.47. The fourth-order valence-electron chi connectivity index (χ4n) is 3.61. The van der Waals surface area contributed by atoms with Crippen molar-refractivity contribution in [2.45, 2.75) is 36.9 Å². The van der Waals surface area contributed by atoms with Crippen molar-refractivity contribution in [1.29, 1.82) is 0 Å². The third-order valence-electron chi connectivity index (χ3n) is 4.63. The number of rotatable bonds is 2. The van der Waals surface area contributed by atoms with Crippen LogP contribution in [-0.4, -0.2) is 13.0 Å². The highest BCUT2D eigenvalue weighted by Crippen LogP contribution is 2.47. The van der Waals surface area contributed by atoms with E-state index in [0.717, 1.165) is 30.0 Å². The molecule has 0 aromatic heterocycles. The zero-order chi connectivity index (χ0) is 15.1. The quantitative estimate of drug-likeness (QED) is 0.837. The van der Waals surface area contributed by atoms with E-state index in [9.17, 15) is 13.0 Å². The Morgan fingerprint density at radius 2 is 1.67 bits per heavy atom. The van der Waals surface area contributed by atoms with E-state index in [1.807, 2.05) is 36.4 Å². The van der Waals surface area contributed by atoms with Crippen molar-refractivity contribution in [3.8, 4) is 0 Å². The van der Waals surface area contributed by atoms with Crippen LogP contribution >= 0.6 is 0 Å². The van der Waals surface area contributed by atoms with Gasteiger partial charge in [-0.2, -0.15) is 8.42 Å². The first-order valence-electron chi connectivity index (χ1n) is 7.27. The van der Waals surface area contributed by atoms with Gasteiger partial charge in [0, 0.05) is 5.56 Å². The van der Waals surface area contributed by atoms with Gasteiger partial charge in [-0.3, -0.25) is 4.55 Å². The number of hydrogen-bond acceptors (Lipinski definition) is 2. The zero-order valence-electron chi connectivity index (χ0n) is 11.9. The normalized spacial score (nSPS) is 18.8. The van der Waals surface area contributed by atoms with Crippen molar-refractivity contribution in [3.05, 3.63) is 42.0 Å². The van der Waals surface area contributed by atoms with E-state index in [-0.39, 0.29) is 0 Å². The van der Waals surface area contributed by atoms with Crippen molar-refractivity contribution in [3.63, 3.8) is 0 Å². The lowest BCUT2D eigenvalue weighted by atomic mass is 9.80. The molecule has 0 saturated heterocycles. The number of fused-ring (bicyclic) bond motifs is 1. The van der Waals surface area contributed by atoms with Crippen LogP contribution in [0.15, 0.2) is 36.4 Å². The maximum atomic E-state index is 12.2. The van der Waals surface area contributed by atoms with Crippen molar-refractivity contribution in [2.24, 2.45) is 0 Å². The SMILES string of the molecule is [NH3+]c1ccc2ccccc2c1C1(S(=O)(=O)O)CCCCC1. The van der Waals surface area contributed by atoms with Gasteiger partial charge >= 0.3 is 0 Å². The molecular formula is C16H20NO3S+. The van der Waals surface area contributed by atoms with Gasteiger partial charge in [-0.25, -0.2) is 0 Å². The molecule has 5 heteroatoms. The predicted octanol–water partition coefficient (Wildman–Crippen LogP) is 2.76. The summed E-state index contributed by atoms with van der Waals surface area (Å²) >= 11 is 0. The van der Waals surface area contributed by atoms with Gasteiger partial charge in [0.25, 0.3) is 10.1 Å². The molecule has 0 atom stereocenters. The van der Waals surface area contributed by atoms with E-state index < -0.39 is 14.9 Å². The second-order valence-electron chi connectivity index (χ2n) is 5.85. The van der Waals surface area contributed by atoms with Gasteiger partial charge < -0.3 is 5.73 Å². The molecule has 4 nitrogen and oxygen atoms in total. The predicted molar refractivity (Wildman–Crippen MR) is 82.8 cm³/mol. The molecule has 2 aromatic rings. The molecule has 3 rings (SSSR count). The van der Waals surface area contributed by atoms with Gasteiger partial charge in [0.1, 0.15) is 10.4 Å². The van der Waals surface area contributed by atoms with Crippen LogP contribution < -0.4 is 5.73 Å². The van der Waals surface area contributed by atoms with Crippen molar-refractivity contribution in [1.82, 2.24) is 0 Å². The minimum Gasteiger partial charge on any atom is -0.325 e. The van der Waals surface area contributed by atoms with Crippen LogP contribution in [0, 0.1) is 0 Å². The molecule has 0 heterocycles. The molecule has 2 aromatic carbocycles. The van der Waals surface area contributed by atoms with E-state index in [1.165, 1.54) is 0 Å². The number of hydrogen-bond donors (Lipinski definition) is 2. The van der Waals surface area contributed by atoms with E-state index in [0.29, 0.717) is 24.1 Å². The zero-order valence-corrected chi connectivity index (χ0v) is 12.7. The maximum Gasteiger partial charge on any atom is 0.275 e. The first kappa shape index (κ1) is 14.5. The van der Waals surface area contributed by atoms with Gasteiger partial charge in [0.05, 0.1) is 0 Å². The molecule has 0 unspecified atom stereocenters. The molecule has 4 N–H and O–H groups in total. The fourth-order valence-corrected chi connectivity index (χ4v) is 4.92. The molecule has 21 heavy (non-hydrogen) atoms. The van der Waals surface area contributed by atoms with Gasteiger partial charge in [0.15, 0.2) is 0 Å². The molecule has 0 amide bonds. The largest absolute Gasteiger partial charge is 0.325 e. The standard InChI is InChI=1S/C16H19NO3S/c17-14-9-8-12-6-2-3-7-13(12)15(14)16(21(18,19)20)10-4-1-5-11-16/h2-3,6-9H,1,4-5,10-11,17H2,(H,18,19,20)/p+1. The van der Waals surface area contributed by atoms with Crippen LogP contribution in [0.2, 0.25) is 0 Å². The number of benzene rings is 2. The molecule has 112 valence electrons. The lowest BCUT2D eigenvalue weighted by Gasteiger charge is -2.35. The summed E-state index contributed by atoms with van der Waals surface area (Å²) in [6.45, 7) is 0. The Bertz CT molecular complexity index is 777. The summed E-state index contributed by atoms with van der Waals surface area (Å²) in [6.07, 6.45) is 3.55. The molecule has 1 saturated carbocycles. The molecule has 0 aliphatic heterocycles. The van der Waals surface area contributed by atoms with Crippen molar-refractivity contribution >= 4 is 26.6 Å². The third-order valence-corrected chi connectivity index (χ3v) is 6.23. The minimum atomic E-state index is -4.19. The summed E-state index contributed by atoms with van der Waals surface area (Å²) in [6, 6.07) is 11.5. The Hall–Kier alpha value is -1.43. The van der Waals surface area contributed by atoms with Gasteiger partial charge in [-0.05, 0) is 35.7 Å². The molecule has 0 radical (unpaired) electrons. The Morgan fingerprint density at radius 3 is 2.33 bits per heavy atom. The lowest BCUT2D eigenvalue weighted by molar-refractivity contribution is -0.256. The summed E-state index contributed by atoms with van der Waals surface area (Å²) in [7, 11) is -4.19. The van der Waals surface area contributed by atoms with Crippen LogP contribution in [0.3, 0.4) is 0 Å². The summed E-state index contributed by atoms with van der Waals surface area (Å²) < 4.78 is 33.2. The second kappa shape index (κ2) is 5.09. The highest BCUT2D eigenvalue weighted by Gasteiger charge is 2.48. The average molecular weight is 306 g/mol. The molecule has 1 aliphatic carbocycles. The first-order valence-corrected chi connectivity index (χ1v) is 8.71. The molecular weight excluding hydrogens is 286 g/mol. The first-order chi connectivity index (χ1) is 9.96. The van der Waals surface area contributed by atoms with Crippen LogP contribution in [0.1, 0.15) is 37.7 Å². The van der Waals surface area contributed by atoms with Gasteiger partial charge in [-0.15, -0.1) is 0 Å². The van der Waals surface area contributed by atoms with Crippen LogP contribution in [-0.2, 0) is 14.9 Å². The molecule has 1 aliphatic rings. The topological polar surface area (TPSA) is 82.0 Å². The Labute approximate surface area is 124 Å². The van der Waals surface area contributed by atoms with Gasteiger partial charge in [0.2, 0.25) is 0 Å². The summed E-state index contributed by atoms with van der Waals surface area (Å²) in [5.41, 5.74) is 5.40. The smallest absolute Gasteiger partial charge is 0.275 e. The highest BCUT2D eigenvalue weighted by molar-refractivity contribution is 7.86. The minimum absolute atomic E-state index is 0.461. The molecule has 1 fully saturated rings. The van der Waals surface area contributed by atoms with E-state index >= 15 is 0 Å². The van der Waals surface area contributed by atoms with Gasteiger partial charge in [-0.1, -0.05) is 43.5 Å². The van der Waals surface area contributed by atoms with Crippen molar-refractivity contribution in [2.75, 3.05) is 0 Å². The van der Waals surface area contributed by atoms with E-state index in [4.69, 9.17) is 0 Å². The monoisotopic (exact) mass is 306 g/mol. The molecule has 0 spiro atoms. The van der Waals surface area contributed by atoms with Crippen LogP contribution in [0.4, 0.5) is 5.69 Å². The fraction of sp³-hybridized carbons (Fsp3) is 0.375. The molecule has 0 bridgehead atoms.